The second-order valence-corrected chi connectivity index (χ2v) is 6.80. The molecule has 0 aromatic heterocycles. The van der Waals surface area contributed by atoms with Gasteiger partial charge in [0.1, 0.15) is 0 Å². The molecule has 1 aromatic rings. The molecule has 100 valence electrons. The summed E-state index contributed by atoms with van der Waals surface area (Å²) in [7, 11) is -3.46. The molecule has 1 saturated heterocycles. The van der Waals surface area contributed by atoms with Crippen LogP contribution in [0.1, 0.15) is 12.5 Å². The highest BCUT2D eigenvalue weighted by atomic mass is 35.5. The Morgan fingerprint density at radius 3 is 2.83 bits per heavy atom. The summed E-state index contributed by atoms with van der Waals surface area (Å²) in [6, 6.07) is 4.96. The van der Waals surface area contributed by atoms with Gasteiger partial charge in [-0.3, -0.25) is 0 Å². The molecular weight excluding hydrogens is 272 g/mol. The molecule has 1 N–H and O–H groups in total. The molecule has 1 aliphatic heterocycles. The first-order valence-electron chi connectivity index (χ1n) is 5.92. The Balaban J connectivity index is 2.44. The van der Waals surface area contributed by atoms with Gasteiger partial charge < -0.3 is 5.32 Å². The van der Waals surface area contributed by atoms with E-state index in [0.717, 1.165) is 0 Å². The Kier molecular flexibility index (Phi) is 3.96. The van der Waals surface area contributed by atoms with Crippen LogP contribution in [-0.2, 0) is 10.0 Å². The summed E-state index contributed by atoms with van der Waals surface area (Å²) in [4.78, 5) is 0.309. The van der Waals surface area contributed by atoms with E-state index >= 15 is 0 Å². The van der Waals surface area contributed by atoms with Crippen molar-refractivity contribution < 1.29 is 8.42 Å². The van der Waals surface area contributed by atoms with Gasteiger partial charge in [0.05, 0.1) is 4.90 Å². The lowest BCUT2D eigenvalue weighted by atomic mass is 10.2. The summed E-state index contributed by atoms with van der Waals surface area (Å²) in [6.07, 6.45) is 0. The highest BCUT2D eigenvalue weighted by Gasteiger charge is 2.32. The third-order valence-electron chi connectivity index (χ3n) is 3.24. The maximum atomic E-state index is 12.6. The molecule has 1 aromatic carbocycles. The van der Waals surface area contributed by atoms with E-state index < -0.39 is 10.0 Å². The molecule has 1 atom stereocenters. The van der Waals surface area contributed by atoms with Crippen LogP contribution in [0.3, 0.4) is 0 Å². The number of sulfonamides is 1. The fourth-order valence-corrected chi connectivity index (χ4v) is 4.28. The number of rotatable bonds is 2. The van der Waals surface area contributed by atoms with Gasteiger partial charge in [-0.1, -0.05) is 17.7 Å². The molecule has 6 heteroatoms. The fourth-order valence-electron chi connectivity index (χ4n) is 2.17. The fraction of sp³-hybridized carbons (Fsp3) is 0.500. The predicted molar refractivity (Wildman–Crippen MR) is 72.4 cm³/mol. The Labute approximate surface area is 113 Å². The molecule has 1 heterocycles. The summed E-state index contributed by atoms with van der Waals surface area (Å²) < 4.78 is 26.8. The van der Waals surface area contributed by atoms with Crippen LogP contribution in [0, 0.1) is 6.92 Å². The van der Waals surface area contributed by atoms with E-state index in [1.807, 2.05) is 6.92 Å². The van der Waals surface area contributed by atoms with Crippen molar-refractivity contribution in [2.75, 3.05) is 19.6 Å². The molecule has 0 radical (unpaired) electrons. The normalized spacial score (nSPS) is 22.1. The van der Waals surface area contributed by atoms with Crippen molar-refractivity contribution in [3.63, 3.8) is 0 Å². The number of benzene rings is 1. The number of halogens is 1. The first-order valence-corrected chi connectivity index (χ1v) is 7.74. The highest BCUT2D eigenvalue weighted by molar-refractivity contribution is 7.89. The van der Waals surface area contributed by atoms with Gasteiger partial charge in [0, 0.05) is 30.7 Å². The number of hydrogen-bond acceptors (Lipinski definition) is 3. The van der Waals surface area contributed by atoms with Crippen molar-refractivity contribution in [2.24, 2.45) is 0 Å². The lowest BCUT2D eigenvalue weighted by molar-refractivity contribution is 0.283. The van der Waals surface area contributed by atoms with Crippen LogP contribution in [0.2, 0.25) is 5.02 Å². The maximum Gasteiger partial charge on any atom is 0.243 e. The predicted octanol–water partition coefficient (Wildman–Crippen LogP) is 1.63. The topological polar surface area (TPSA) is 49.4 Å². The number of piperazine rings is 1. The van der Waals surface area contributed by atoms with Crippen molar-refractivity contribution in [2.45, 2.75) is 24.8 Å². The van der Waals surface area contributed by atoms with E-state index in [2.05, 4.69) is 5.32 Å². The molecule has 1 fully saturated rings. The third kappa shape index (κ3) is 2.40. The minimum absolute atomic E-state index is 0.0397. The quantitative estimate of drug-likeness (QED) is 0.900. The molecule has 1 aliphatic rings. The molecule has 0 saturated carbocycles. The van der Waals surface area contributed by atoms with Gasteiger partial charge in [0.15, 0.2) is 0 Å². The number of nitrogens with one attached hydrogen (secondary N) is 1. The average Bonchev–Trinajstić information content (AvgIpc) is 2.32. The van der Waals surface area contributed by atoms with Crippen LogP contribution < -0.4 is 5.32 Å². The molecule has 0 aliphatic carbocycles. The van der Waals surface area contributed by atoms with E-state index in [9.17, 15) is 8.42 Å². The van der Waals surface area contributed by atoms with E-state index in [1.54, 1.807) is 29.4 Å². The lowest BCUT2D eigenvalue weighted by Gasteiger charge is -2.33. The minimum Gasteiger partial charge on any atom is -0.314 e. The van der Waals surface area contributed by atoms with Crippen LogP contribution >= 0.6 is 11.6 Å². The Morgan fingerprint density at radius 1 is 1.44 bits per heavy atom. The molecule has 0 spiro atoms. The SMILES string of the molecule is Cc1c(Cl)cccc1S(=O)(=O)N1CCNCC1C. The van der Waals surface area contributed by atoms with Crippen LogP contribution in [0.15, 0.2) is 23.1 Å². The number of hydrogen-bond donors (Lipinski definition) is 1. The second kappa shape index (κ2) is 5.17. The van der Waals surface area contributed by atoms with Crippen molar-refractivity contribution >= 4 is 21.6 Å². The van der Waals surface area contributed by atoms with Crippen LogP contribution in [0.25, 0.3) is 0 Å². The van der Waals surface area contributed by atoms with Gasteiger partial charge in [0.25, 0.3) is 0 Å². The lowest BCUT2D eigenvalue weighted by Crippen LogP contribution is -2.52. The van der Waals surface area contributed by atoms with E-state index in [1.165, 1.54) is 0 Å². The van der Waals surface area contributed by atoms with E-state index in [-0.39, 0.29) is 6.04 Å². The molecular formula is C12H17ClN2O2S. The van der Waals surface area contributed by atoms with Crippen molar-refractivity contribution in [3.05, 3.63) is 28.8 Å². The largest absolute Gasteiger partial charge is 0.314 e. The van der Waals surface area contributed by atoms with Gasteiger partial charge in [-0.05, 0) is 31.5 Å². The van der Waals surface area contributed by atoms with Gasteiger partial charge in [-0.25, -0.2) is 8.42 Å². The summed E-state index contributed by atoms with van der Waals surface area (Å²) in [5.74, 6) is 0. The molecule has 0 bridgehead atoms. The highest BCUT2D eigenvalue weighted by Crippen LogP contribution is 2.26. The minimum atomic E-state index is -3.46. The molecule has 0 amide bonds. The Morgan fingerprint density at radius 2 is 2.17 bits per heavy atom. The first-order chi connectivity index (χ1) is 8.44. The smallest absolute Gasteiger partial charge is 0.243 e. The van der Waals surface area contributed by atoms with Gasteiger partial charge in [-0.2, -0.15) is 4.31 Å². The second-order valence-electron chi connectivity index (χ2n) is 4.53. The molecule has 1 unspecified atom stereocenters. The third-order valence-corrected chi connectivity index (χ3v) is 5.81. The average molecular weight is 289 g/mol. The van der Waals surface area contributed by atoms with Crippen LogP contribution in [-0.4, -0.2) is 38.4 Å². The summed E-state index contributed by atoms with van der Waals surface area (Å²) in [6.45, 7) is 5.50. The zero-order valence-electron chi connectivity index (χ0n) is 10.5. The Hall–Kier alpha value is -0.620. The monoisotopic (exact) mass is 288 g/mol. The first kappa shape index (κ1) is 13.8. The van der Waals surface area contributed by atoms with Gasteiger partial charge >= 0.3 is 0 Å². The maximum absolute atomic E-state index is 12.6. The van der Waals surface area contributed by atoms with Gasteiger partial charge in [-0.15, -0.1) is 0 Å². The van der Waals surface area contributed by atoms with E-state index in [0.29, 0.717) is 35.1 Å². The zero-order chi connectivity index (χ0) is 13.3. The van der Waals surface area contributed by atoms with Crippen LogP contribution in [0.5, 0.6) is 0 Å². The summed E-state index contributed by atoms with van der Waals surface area (Å²) >= 11 is 6.00. The van der Waals surface area contributed by atoms with E-state index in [4.69, 9.17) is 11.6 Å². The van der Waals surface area contributed by atoms with Crippen molar-refractivity contribution in [3.8, 4) is 0 Å². The van der Waals surface area contributed by atoms with Crippen molar-refractivity contribution in [1.29, 1.82) is 0 Å². The van der Waals surface area contributed by atoms with Crippen LogP contribution in [0.4, 0.5) is 0 Å². The Bertz CT molecular complexity index is 545. The molecule has 18 heavy (non-hydrogen) atoms. The molecule has 4 nitrogen and oxygen atoms in total. The standard InChI is InChI=1S/C12H17ClN2O2S/c1-9-8-14-6-7-15(9)18(16,17)12-5-3-4-11(13)10(12)2/h3-5,9,14H,6-8H2,1-2H3. The number of nitrogens with zero attached hydrogens (tertiary/aromatic N) is 1. The molecule has 2 rings (SSSR count). The van der Waals surface area contributed by atoms with Gasteiger partial charge in [0.2, 0.25) is 10.0 Å². The summed E-state index contributed by atoms with van der Waals surface area (Å²) in [5.41, 5.74) is 0.616. The zero-order valence-corrected chi connectivity index (χ0v) is 12.1. The van der Waals surface area contributed by atoms with Crippen molar-refractivity contribution in [1.82, 2.24) is 9.62 Å². The summed E-state index contributed by atoms with van der Waals surface area (Å²) in [5, 5.41) is 3.67.